The number of aromatic hydroxyl groups is 1. The summed E-state index contributed by atoms with van der Waals surface area (Å²) in [5.41, 5.74) is 0.607. The number of hydrogen-bond donors (Lipinski definition) is 3. The fourth-order valence-electron chi connectivity index (χ4n) is 4.25. The molecule has 1 aliphatic rings. The third kappa shape index (κ3) is 8.06. The number of methoxy groups -OCH3 is 1. The van der Waals surface area contributed by atoms with Crippen LogP contribution < -0.4 is 10.6 Å². The summed E-state index contributed by atoms with van der Waals surface area (Å²) in [5.74, 6) is -0.180. The summed E-state index contributed by atoms with van der Waals surface area (Å²) in [6.07, 6.45) is 6.16. The van der Waals surface area contributed by atoms with E-state index in [9.17, 15) is 19.5 Å². The Labute approximate surface area is 205 Å². The number of nitrogens with one attached hydrogen (secondary N) is 2. The van der Waals surface area contributed by atoms with Gasteiger partial charge in [-0.05, 0) is 49.1 Å². The van der Waals surface area contributed by atoms with E-state index in [-0.39, 0.29) is 55.5 Å². The molecule has 1 saturated carbocycles. The van der Waals surface area contributed by atoms with Crippen molar-refractivity contribution in [1.29, 1.82) is 0 Å². The number of phenols is 1. The van der Waals surface area contributed by atoms with Crippen molar-refractivity contribution in [3.05, 3.63) is 54.2 Å². The lowest BCUT2D eigenvalue weighted by Gasteiger charge is -2.32. The van der Waals surface area contributed by atoms with Gasteiger partial charge in [0, 0.05) is 38.7 Å². The number of aromatic nitrogens is 1. The van der Waals surface area contributed by atoms with E-state index >= 15 is 0 Å². The molecule has 0 saturated heterocycles. The van der Waals surface area contributed by atoms with E-state index in [0.717, 1.165) is 25.7 Å². The topological polar surface area (TPSA) is 121 Å². The smallest absolute Gasteiger partial charge is 0.247 e. The number of hydrogen-bond acceptors (Lipinski definition) is 6. The van der Waals surface area contributed by atoms with Crippen LogP contribution in [0.25, 0.3) is 0 Å². The number of anilines is 1. The second-order valence-corrected chi connectivity index (χ2v) is 8.68. The van der Waals surface area contributed by atoms with Crippen LogP contribution in [0.1, 0.15) is 56.6 Å². The Morgan fingerprint density at radius 3 is 2.51 bits per heavy atom. The van der Waals surface area contributed by atoms with Gasteiger partial charge in [0.25, 0.3) is 0 Å². The largest absolute Gasteiger partial charge is 0.508 e. The summed E-state index contributed by atoms with van der Waals surface area (Å²) in [5, 5.41) is 15.5. The van der Waals surface area contributed by atoms with Crippen molar-refractivity contribution in [1.82, 2.24) is 15.2 Å². The molecule has 0 unspecified atom stereocenters. The molecule has 1 atom stereocenters. The molecule has 35 heavy (non-hydrogen) atoms. The molecule has 3 amide bonds. The lowest BCUT2D eigenvalue weighted by molar-refractivity contribution is -0.142. The van der Waals surface area contributed by atoms with Crippen LogP contribution in [0, 0.1) is 0 Å². The first-order chi connectivity index (χ1) is 17.0. The Morgan fingerprint density at radius 1 is 1.11 bits per heavy atom. The van der Waals surface area contributed by atoms with Gasteiger partial charge in [-0.3, -0.25) is 14.4 Å². The van der Waals surface area contributed by atoms with E-state index in [1.807, 2.05) is 0 Å². The minimum absolute atomic E-state index is 0.0809. The van der Waals surface area contributed by atoms with Crippen molar-refractivity contribution < 1.29 is 24.2 Å². The lowest BCUT2D eigenvalue weighted by atomic mass is 10.0. The number of nitrogens with zero attached hydrogens (tertiary/aromatic N) is 2. The molecule has 0 radical (unpaired) electrons. The fourth-order valence-corrected chi connectivity index (χ4v) is 4.25. The summed E-state index contributed by atoms with van der Waals surface area (Å²) in [4.78, 5) is 44.5. The second-order valence-electron chi connectivity index (χ2n) is 8.68. The van der Waals surface area contributed by atoms with Gasteiger partial charge in [-0.1, -0.05) is 31.0 Å². The molecule has 0 spiro atoms. The molecule has 1 heterocycles. The van der Waals surface area contributed by atoms with Crippen LogP contribution >= 0.6 is 0 Å². The first kappa shape index (κ1) is 26.2. The summed E-state index contributed by atoms with van der Waals surface area (Å²) >= 11 is 0. The Hall–Kier alpha value is -3.46. The third-order valence-electron chi connectivity index (χ3n) is 6.05. The SMILES string of the molecule is COCCN(C(=O)CCCC(=O)Nc1ccccn1)[C@@H](C(=O)NC1CCCC1)c1ccc(O)cc1. The maximum absolute atomic E-state index is 13.4. The maximum Gasteiger partial charge on any atom is 0.247 e. The molecule has 188 valence electrons. The average Bonchev–Trinajstić information content (AvgIpc) is 3.36. The first-order valence-electron chi connectivity index (χ1n) is 12.1. The van der Waals surface area contributed by atoms with Gasteiger partial charge in [-0.2, -0.15) is 0 Å². The molecule has 1 aliphatic carbocycles. The van der Waals surface area contributed by atoms with Gasteiger partial charge in [0.15, 0.2) is 0 Å². The molecule has 1 fully saturated rings. The van der Waals surface area contributed by atoms with Gasteiger partial charge in [0.2, 0.25) is 17.7 Å². The number of benzene rings is 1. The summed E-state index contributed by atoms with van der Waals surface area (Å²) in [6.45, 7) is 0.482. The molecule has 0 bridgehead atoms. The van der Waals surface area contributed by atoms with Gasteiger partial charge in [0.1, 0.15) is 17.6 Å². The monoisotopic (exact) mass is 482 g/mol. The molecule has 1 aromatic carbocycles. The maximum atomic E-state index is 13.4. The number of carbonyl (C=O) groups is 3. The van der Waals surface area contributed by atoms with Crippen LogP contribution in [0.4, 0.5) is 5.82 Å². The number of ether oxygens (including phenoxy) is 1. The average molecular weight is 483 g/mol. The fraction of sp³-hybridized carbons (Fsp3) is 0.462. The number of pyridine rings is 1. The lowest BCUT2D eigenvalue weighted by Crippen LogP contribution is -2.47. The van der Waals surface area contributed by atoms with Gasteiger partial charge in [-0.15, -0.1) is 0 Å². The Kier molecular flexibility index (Phi) is 10.0. The van der Waals surface area contributed by atoms with Crippen LogP contribution in [-0.2, 0) is 19.1 Å². The van der Waals surface area contributed by atoms with E-state index < -0.39 is 6.04 Å². The Balaban J connectivity index is 1.69. The van der Waals surface area contributed by atoms with E-state index in [1.54, 1.807) is 43.6 Å². The van der Waals surface area contributed by atoms with Gasteiger partial charge in [0.05, 0.1) is 6.61 Å². The van der Waals surface area contributed by atoms with Crippen molar-refractivity contribution in [2.75, 3.05) is 25.6 Å². The number of phenolic OH excluding ortho intramolecular Hbond substituents is 1. The van der Waals surface area contributed by atoms with Crippen LogP contribution in [0.15, 0.2) is 48.7 Å². The van der Waals surface area contributed by atoms with Crippen molar-refractivity contribution >= 4 is 23.5 Å². The van der Waals surface area contributed by atoms with Crippen LogP contribution in [0.5, 0.6) is 5.75 Å². The molecule has 9 heteroatoms. The van der Waals surface area contributed by atoms with Crippen LogP contribution in [0.3, 0.4) is 0 Å². The van der Waals surface area contributed by atoms with Gasteiger partial charge in [-0.25, -0.2) is 4.98 Å². The minimum Gasteiger partial charge on any atom is -0.508 e. The molecule has 0 aliphatic heterocycles. The standard InChI is InChI=1S/C26H34N4O5/c1-35-18-17-30(24(33)11-6-10-23(32)29-22-9-4-5-16-27-22)25(19-12-14-21(31)15-13-19)26(34)28-20-7-2-3-8-20/h4-5,9,12-16,20,25,31H,2-3,6-8,10-11,17-18H2,1H3,(H,28,34)(H,27,29,32)/t25-/m1/s1. The number of amides is 3. The molecular weight excluding hydrogens is 448 g/mol. The van der Waals surface area contributed by atoms with Crippen molar-refractivity contribution in [3.63, 3.8) is 0 Å². The summed E-state index contributed by atoms with van der Waals surface area (Å²) < 4.78 is 5.21. The van der Waals surface area contributed by atoms with Gasteiger partial charge < -0.3 is 25.4 Å². The molecule has 3 rings (SSSR count). The normalized spacial score (nSPS) is 14.3. The third-order valence-corrected chi connectivity index (χ3v) is 6.05. The first-order valence-corrected chi connectivity index (χ1v) is 12.1. The highest BCUT2D eigenvalue weighted by Crippen LogP contribution is 2.26. The molecule has 3 N–H and O–H groups in total. The van der Waals surface area contributed by atoms with E-state index in [0.29, 0.717) is 17.8 Å². The van der Waals surface area contributed by atoms with E-state index in [4.69, 9.17) is 4.74 Å². The summed E-state index contributed by atoms with van der Waals surface area (Å²) in [6, 6.07) is 10.8. The highest BCUT2D eigenvalue weighted by atomic mass is 16.5. The van der Waals surface area contributed by atoms with E-state index in [1.165, 1.54) is 17.0 Å². The quantitative estimate of drug-likeness (QED) is 0.427. The van der Waals surface area contributed by atoms with Crippen LogP contribution in [-0.4, -0.2) is 59.0 Å². The molecule has 2 aromatic rings. The molecule has 9 nitrogen and oxygen atoms in total. The number of carbonyl (C=O) groups excluding carboxylic acids is 3. The summed E-state index contributed by atoms with van der Waals surface area (Å²) in [7, 11) is 1.54. The minimum atomic E-state index is -0.860. The van der Waals surface area contributed by atoms with Crippen molar-refractivity contribution in [2.45, 2.75) is 57.0 Å². The zero-order chi connectivity index (χ0) is 25.0. The zero-order valence-electron chi connectivity index (χ0n) is 20.1. The van der Waals surface area contributed by atoms with E-state index in [2.05, 4.69) is 15.6 Å². The van der Waals surface area contributed by atoms with Crippen molar-refractivity contribution in [2.24, 2.45) is 0 Å². The Morgan fingerprint density at radius 2 is 1.86 bits per heavy atom. The Bertz CT molecular complexity index is 961. The van der Waals surface area contributed by atoms with Gasteiger partial charge >= 0.3 is 0 Å². The highest BCUT2D eigenvalue weighted by molar-refractivity contribution is 5.91. The zero-order valence-corrected chi connectivity index (χ0v) is 20.1. The predicted molar refractivity (Wildman–Crippen MR) is 132 cm³/mol. The predicted octanol–water partition coefficient (Wildman–Crippen LogP) is 3.17. The second kappa shape index (κ2) is 13.4. The van der Waals surface area contributed by atoms with Crippen LogP contribution in [0.2, 0.25) is 0 Å². The molecular formula is C26H34N4O5. The number of rotatable bonds is 12. The van der Waals surface area contributed by atoms with Crippen molar-refractivity contribution in [3.8, 4) is 5.75 Å². The highest BCUT2D eigenvalue weighted by Gasteiger charge is 2.32. The molecule has 1 aromatic heterocycles.